The molecule has 52 heavy (non-hydrogen) atoms. The minimum Gasteiger partial charge on any atom is -0.462 e. The number of aliphatic hydroxyl groups excluding tert-OH is 2. The van der Waals surface area contributed by atoms with Crippen LogP contribution in [0.25, 0.3) is 0 Å². The first-order valence-electron chi connectivity index (χ1n) is 16.9. The number of benzene rings is 2. The van der Waals surface area contributed by atoms with E-state index < -0.39 is 116 Å². The zero-order valence-electron chi connectivity index (χ0n) is 28.5. The van der Waals surface area contributed by atoms with E-state index in [2.05, 4.69) is 10.6 Å². The first-order valence-corrected chi connectivity index (χ1v) is 21.2. The molecule has 12 atom stereocenters. The van der Waals surface area contributed by atoms with E-state index in [9.17, 15) is 24.6 Å². The number of esters is 1. The Morgan fingerprint density at radius 2 is 1.25 bits per heavy atom. The van der Waals surface area contributed by atoms with Crippen LogP contribution in [0.5, 0.6) is 0 Å². The number of hydrogen-bond acceptors (Lipinski definition) is 12. The Balaban J connectivity index is 1.32. The Hall–Kier alpha value is -3.55. The molecule has 8 heterocycles. The summed E-state index contributed by atoms with van der Waals surface area (Å²) < 4.78 is 5.40. The van der Waals surface area contributed by atoms with Gasteiger partial charge in [-0.1, -0.05) is 50.2 Å². The number of carbonyl (C=O) groups excluding carboxylic acids is 5. The van der Waals surface area contributed by atoms with Crippen molar-refractivity contribution in [3.8, 4) is 0 Å². The Morgan fingerprint density at radius 3 is 1.75 bits per heavy atom. The maximum atomic E-state index is 15.1. The highest BCUT2D eigenvalue weighted by Crippen LogP contribution is 2.76. The first-order chi connectivity index (χ1) is 24.6. The predicted molar refractivity (Wildman–Crippen MR) is 194 cm³/mol. The van der Waals surface area contributed by atoms with Gasteiger partial charge in [0.05, 0.1) is 10.8 Å². The molecule has 6 saturated heterocycles. The summed E-state index contributed by atoms with van der Waals surface area (Å²) >= 11 is 12.5. The maximum Gasteiger partial charge on any atom is 0.302 e. The number of anilines is 2. The number of piperazine rings is 2. The smallest absolute Gasteiger partial charge is 0.302 e. The lowest BCUT2D eigenvalue weighted by atomic mass is 9.52. The molecule has 10 rings (SSSR count). The van der Waals surface area contributed by atoms with Crippen LogP contribution in [0, 0.1) is 5.92 Å². The van der Waals surface area contributed by atoms with Gasteiger partial charge in [-0.2, -0.15) is 0 Å². The van der Waals surface area contributed by atoms with Crippen molar-refractivity contribution >= 4 is 82.3 Å². The summed E-state index contributed by atoms with van der Waals surface area (Å²) in [5.74, 6) is -3.23. The molecule has 2 aromatic carbocycles. The lowest BCUT2D eigenvalue weighted by Crippen LogP contribution is -2.70. The summed E-state index contributed by atoms with van der Waals surface area (Å²) in [6.07, 6.45) is -5.94. The van der Waals surface area contributed by atoms with E-state index in [1.54, 1.807) is 55.6 Å². The maximum absolute atomic E-state index is 15.1. The molecule has 18 heteroatoms. The molecule has 272 valence electrons. The Bertz CT molecular complexity index is 2230. The Labute approximate surface area is 312 Å². The van der Waals surface area contributed by atoms with Crippen molar-refractivity contribution in [2.75, 3.05) is 31.3 Å². The van der Waals surface area contributed by atoms with Crippen molar-refractivity contribution in [3.05, 3.63) is 59.7 Å². The van der Waals surface area contributed by atoms with Crippen LogP contribution in [0.4, 0.5) is 11.4 Å². The monoisotopic (exact) mass is 782 g/mol. The van der Waals surface area contributed by atoms with Crippen LogP contribution < -0.4 is 10.6 Å². The molecular formula is C34H34N6O8S4. The van der Waals surface area contributed by atoms with Crippen LogP contribution in [-0.4, -0.2) is 124 Å². The zero-order valence-corrected chi connectivity index (χ0v) is 31.7. The fourth-order valence-electron chi connectivity index (χ4n) is 11.6. The molecule has 8 aliphatic heterocycles. The molecule has 2 spiro atoms. The van der Waals surface area contributed by atoms with Crippen LogP contribution in [0.3, 0.4) is 0 Å². The van der Waals surface area contributed by atoms with Gasteiger partial charge in [0.15, 0.2) is 4.87 Å². The second-order valence-electron chi connectivity index (χ2n) is 15.2. The van der Waals surface area contributed by atoms with Gasteiger partial charge in [0.25, 0.3) is 23.6 Å². The third-order valence-electron chi connectivity index (χ3n) is 13.5. The predicted octanol–water partition coefficient (Wildman–Crippen LogP) is -1.09. The third-order valence-corrected chi connectivity index (χ3v) is 21.6. The number of carbonyl (C=O) groups is 5. The lowest BCUT2D eigenvalue weighted by molar-refractivity contribution is -0.166. The Kier molecular flexibility index (Phi) is 5.96. The standard InChI is InChI=1S/C34H34N6O8S4/c1-15(2)32-28(47)40-24-31(18-11-7-9-13-20(18)36-24,22(43)34(40,52(32)50)27(46)38(32)5)30-17-10-6-8-12-19(17)35-23(30)39-25(44)29(14-48-16(3)41)37(4)26(45)33(39,21(30)42)51(29)49/h6-13,15,21-24,35-36,42-43H,14H2,1-5H3. The van der Waals surface area contributed by atoms with Gasteiger partial charge in [0.2, 0.25) is 14.6 Å². The molecule has 2 aromatic rings. The minimum absolute atomic E-state index is 0.400. The molecule has 4 N–H and O–H groups in total. The van der Waals surface area contributed by atoms with Crippen molar-refractivity contribution in [1.29, 1.82) is 0 Å². The average molecular weight is 783 g/mol. The average Bonchev–Trinajstić information content (AvgIpc) is 3.90. The zero-order chi connectivity index (χ0) is 37.0. The highest BCUT2D eigenvalue weighted by atomic mass is 32.8. The van der Waals surface area contributed by atoms with E-state index in [1.807, 2.05) is 13.8 Å². The van der Waals surface area contributed by atoms with Crippen molar-refractivity contribution in [2.24, 2.45) is 5.92 Å². The number of nitrogens with zero attached hydrogens (tertiary/aromatic N) is 4. The fraction of sp³-hybridized carbons (Fsp3) is 0.500. The van der Waals surface area contributed by atoms with Crippen LogP contribution >= 0.6 is 0 Å². The summed E-state index contributed by atoms with van der Waals surface area (Å²) in [7, 11) is -0.255. The number of amides is 4. The van der Waals surface area contributed by atoms with Crippen molar-refractivity contribution in [3.63, 3.8) is 0 Å². The van der Waals surface area contributed by atoms with E-state index in [0.717, 1.165) is 0 Å². The molecule has 12 unspecified atom stereocenters. The van der Waals surface area contributed by atoms with Gasteiger partial charge in [0, 0.05) is 32.4 Å². The van der Waals surface area contributed by atoms with E-state index in [4.69, 9.17) is 27.1 Å². The third kappa shape index (κ3) is 2.62. The van der Waals surface area contributed by atoms with Crippen molar-refractivity contribution < 1.29 is 38.9 Å². The summed E-state index contributed by atoms with van der Waals surface area (Å²) in [6.45, 7) is 4.37. The van der Waals surface area contributed by atoms with Gasteiger partial charge in [-0.05, 0) is 70.5 Å². The summed E-state index contributed by atoms with van der Waals surface area (Å²) in [5.41, 5.74) is -1.55. The molecule has 0 aromatic heterocycles. The molecule has 0 saturated carbocycles. The lowest BCUT2D eigenvalue weighted by Gasteiger charge is -2.51. The first kappa shape index (κ1) is 33.1. The number of likely N-dealkylation sites (N-methyl/N-ethyl adjacent to an activating group) is 2. The number of aliphatic hydroxyl groups is 2. The van der Waals surface area contributed by atoms with Gasteiger partial charge in [0.1, 0.15) is 31.1 Å². The molecule has 8 aliphatic rings. The summed E-state index contributed by atoms with van der Waals surface area (Å²) in [6, 6.07) is 14.3. The molecule has 6 fully saturated rings. The molecule has 4 bridgehead atoms. The number of ether oxygens (including phenoxy) is 1. The van der Waals surface area contributed by atoms with Gasteiger partial charge in [-0.15, -0.1) is 0 Å². The van der Waals surface area contributed by atoms with Crippen molar-refractivity contribution in [2.45, 2.75) is 75.6 Å². The minimum atomic E-state index is -2.05. The number of para-hydroxylation sites is 2. The highest BCUT2D eigenvalue weighted by molar-refractivity contribution is 8.32. The number of nitrogens with one attached hydrogen (secondary N) is 2. The normalized spacial score (nSPS) is 45.3. The molecule has 14 nitrogen and oxygen atoms in total. The van der Waals surface area contributed by atoms with Gasteiger partial charge < -0.3 is 35.4 Å². The fourth-order valence-corrected chi connectivity index (χ4v) is 19.8. The van der Waals surface area contributed by atoms with E-state index in [0.29, 0.717) is 22.5 Å². The number of fused-ring (bicyclic) bond motifs is 11. The van der Waals surface area contributed by atoms with E-state index >= 15 is 9.59 Å². The summed E-state index contributed by atoms with van der Waals surface area (Å²) in [5, 5.41) is 34.1. The molecule has 4 amide bonds. The van der Waals surface area contributed by atoms with Gasteiger partial charge in [-0.25, -0.2) is 0 Å². The number of rotatable bonds is 4. The number of hydrogen-bond donors (Lipinski definition) is 4. The second-order valence-corrected chi connectivity index (χ2v) is 20.8. The van der Waals surface area contributed by atoms with Crippen LogP contribution in [-0.2, 0) is 80.8 Å². The molecule has 0 radical (unpaired) electrons. The van der Waals surface area contributed by atoms with Crippen LogP contribution in [0.2, 0.25) is 0 Å². The topological polar surface area (TPSA) is 172 Å². The summed E-state index contributed by atoms with van der Waals surface area (Å²) in [4.78, 5) is 70.3. The van der Waals surface area contributed by atoms with Crippen LogP contribution in [0.1, 0.15) is 31.9 Å². The molecular weight excluding hydrogens is 749 g/mol. The van der Waals surface area contributed by atoms with Gasteiger partial charge >= 0.3 is 5.97 Å². The quantitative estimate of drug-likeness (QED) is 0.277. The van der Waals surface area contributed by atoms with Gasteiger partial charge in [-0.3, -0.25) is 33.8 Å². The highest BCUT2D eigenvalue weighted by Gasteiger charge is 2.97. The van der Waals surface area contributed by atoms with E-state index in [-0.39, 0.29) is 0 Å². The van der Waals surface area contributed by atoms with Crippen LogP contribution in [0.15, 0.2) is 48.5 Å². The Morgan fingerprint density at radius 1 is 0.788 bits per heavy atom. The van der Waals surface area contributed by atoms with E-state index in [1.165, 1.54) is 33.6 Å². The van der Waals surface area contributed by atoms with Crippen molar-refractivity contribution in [1.82, 2.24) is 19.6 Å². The second kappa shape index (κ2) is 9.38. The molecule has 0 aliphatic carbocycles. The SMILES string of the molecule is CC(=O)OCC12C(=O)N3C4Nc5ccccc5C4(C45c6ccccc6NC4N4C(=O)C6(C(C)C)N(C)C(=O)C4(C5O)S6=S)C(O)C3(C(=O)N1C)S2=S. The largest absolute Gasteiger partial charge is 0.462 e.